The van der Waals surface area contributed by atoms with E-state index in [-0.39, 0.29) is 11.5 Å². The van der Waals surface area contributed by atoms with Crippen LogP contribution in [-0.2, 0) is 0 Å². The van der Waals surface area contributed by atoms with Crippen molar-refractivity contribution < 1.29 is 10.2 Å². The average molecular weight is 138 g/mol. The Balaban J connectivity index is 2.92. The molecule has 0 aromatic rings. The van der Waals surface area contributed by atoms with Crippen LogP contribution in [0.3, 0.4) is 0 Å². The molecule has 0 radical (unpaired) electrons. The van der Waals surface area contributed by atoms with E-state index in [9.17, 15) is 0 Å². The first-order chi connectivity index (χ1) is 4.70. The highest BCUT2D eigenvalue weighted by atomic mass is 16.3. The third-order valence-corrected chi connectivity index (χ3v) is 1.44. The zero-order valence-electron chi connectivity index (χ0n) is 5.83. The van der Waals surface area contributed by atoms with Crippen molar-refractivity contribution in [3.63, 3.8) is 0 Å². The average Bonchev–Trinajstić information content (AvgIpc) is 1.96. The van der Waals surface area contributed by atoms with Crippen LogP contribution in [0.1, 0.15) is 13.3 Å². The van der Waals surface area contributed by atoms with Crippen LogP contribution < -0.4 is 0 Å². The minimum Gasteiger partial charge on any atom is -0.508 e. The number of hydrogen-bond donors (Lipinski definition) is 2. The quantitative estimate of drug-likeness (QED) is 0.538. The molecule has 0 unspecified atom stereocenters. The summed E-state index contributed by atoms with van der Waals surface area (Å²) in [6.07, 6.45) is 5.53. The Bertz CT molecular complexity index is 221. The summed E-state index contributed by atoms with van der Waals surface area (Å²) in [5.74, 6) is 0.275. The first-order valence-corrected chi connectivity index (χ1v) is 3.17. The molecule has 0 atom stereocenters. The second-order valence-corrected chi connectivity index (χ2v) is 2.28. The highest BCUT2D eigenvalue weighted by molar-refractivity contribution is 5.31. The van der Waals surface area contributed by atoms with Gasteiger partial charge >= 0.3 is 0 Å². The molecular formula is C8H10O2. The standard InChI is InChI=1S/C8H10O2/c1-6-3-2-4-7(9)5-8(6)10/h3-5,9-10H,2H2,1H3. The van der Waals surface area contributed by atoms with E-state index in [4.69, 9.17) is 10.2 Å². The zero-order valence-corrected chi connectivity index (χ0v) is 5.83. The van der Waals surface area contributed by atoms with Crippen molar-refractivity contribution in [2.45, 2.75) is 13.3 Å². The lowest BCUT2D eigenvalue weighted by atomic mass is 10.2. The molecule has 0 bridgehead atoms. The number of hydrogen-bond acceptors (Lipinski definition) is 2. The van der Waals surface area contributed by atoms with Crippen molar-refractivity contribution in [1.82, 2.24) is 0 Å². The molecule has 0 heterocycles. The molecule has 1 rings (SSSR count). The molecule has 0 spiro atoms. The van der Waals surface area contributed by atoms with E-state index < -0.39 is 0 Å². The van der Waals surface area contributed by atoms with Crippen LogP contribution in [0.15, 0.2) is 35.3 Å². The molecule has 54 valence electrons. The lowest BCUT2D eigenvalue weighted by Crippen LogP contribution is -1.82. The normalized spacial score (nSPS) is 18.7. The Hall–Kier alpha value is -1.18. The lowest BCUT2D eigenvalue weighted by molar-refractivity contribution is 0.400. The Morgan fingerprint density at radius 3 is 2.70 bits per heavy atom. The molecule has 2 heteroatoms. The van der Waals surface area contributed by atoms with Crippen LogP contribution in [0.25, 0.3) is 0 Å². The Morgan fingerprint density at radius 1 is 1.30 bits per heavy atom. The van der Waals surface area contributed by atoms with Gasteiger partial charge in [-0.05, 0) is 25.0 Å². The van der Waals surface area contributed by atoms with Gasteiger partial charge in [0.25, 0.3) is 0 Å². The van der Waals surface area contributed by atoms with Crippen LogP contribution in [0.2, 0.25) is 0 Å². The molecule has 1 aliphatic rings. The van der Waals surface area contributed by atoms with E-state index in [1.807, 2.05) is 6.08 Å². The monoisotopic (exact) mass is 138 g/mol. The van der Waals surface area contributed by atoms with E-state index in [1.165, 1.54) is 6.08 Å². The summed E-state index contributed by atoms with van der Waals surface area (Å²) in [6, 6.07) is 0. The maximum atomic E-state index is 9.12. The molecule has 2 N–H and O–H groups in total. The molecule has 2 nitrogen and oxygen atoms in total. The van der Waals surface area contributed by atoms with Gasteiger partial charge in [0.2, 0.25) is 0 Å². The fraction of sp³-hybridized carbons (Fsp3) is 0.250. The third kappa shape index (κ3) is 1.41. The topological polar surface area (TPSA) is 40.5 Å². The van der Waals surface area contributed by atoms with Gasteiger partial charge in [-0.3, -0.25) is 0 Å². The summed E-state index contributed by atoms with van der Waals surface area (Å²) in [5.41, 5.74) is 0.806. The minimum absolute atomic E-state index is 0.130. The van der Waals surface area contributed by atoms with Crippen molar-refractivity contribution in [3.8, 4) is 0 Å². The van der Waals surface area contributed by atoms with Gasteiger partial charge in [-0.2, -0.15) is 0 Å². The van der Waals surface area contributed by atoms with Gasteiger partial charge in [-0.1, -0.05) is 6.08 Å². The molecule has 0 aromatic carbocycles. The molecule has 0 saturated carbocycles. The second-order valence-electron chi connectivity index (χ2n) is 2.28. The molecule has 0 aliphatic heterocycles. The van der Waals surface area contributed by atoms with Gasteiger partial charge in [0.15, 0.2) is 0 Å². The number of allylic oxidation sites excluding steroid dienone is 4. The maximum Gasteiger partial charge on any atom is 0.121 e. The summed E-state index contributed by atoms with van der Waals surface area (Å²) >= 11 is 0. The molecule has 10 heavy (non-hydrogen) atoms. The first-order valence-electron chi connectivity index (χ1n) is 3.17. The molecule has 0 saturated heterocycles. The number of rotatable bonds is 0. The van der Waals surface area contributed by atoms with Gasteiger partial charge in [-0.15, -0.1) is 0 Å². The van der Waals surface area contributed by atoms with Crippen molar-refractivity contribution in [2.75, 3.05) is 0 Å². The maximum absolute atomic E-state index is 9.12. The van der Waals surface area contributed by atoms with E-state index in [2.05, 4.69) is 0 Å². The van der Waals surface area contributed by atoms with Crippen LogP contribution >= 0.6 is 0 Å². The SMILES string of the molecule is CC1=CCC=C(O)C=C1O. The molecule has 0 amide bonds. The van der Waals surface area contributed by atoms with Crippen molar-refractivity contribution >= 4 is 0 Å². The van der Waals surface area contributed by atoms with Crippen LogP contribution in [0, 0.1) is 0 Å². The predicted molar refractivity (Wildman–Crippen MR) is 39.8 cm³/mol. The molecule has 0 aromatic heterocycles. The van der Waals surface area contributed by atoms with Gasteiger partial charge in [-0.25, -0.2) is 0 Å². The Labute approximate surface area is 59.8 Å². The third-order valence-electron chi connectivity index (χ3n) is 1.44. The van der Waals surface area contributed by atoms with E-state index in [1.54, 1.807) is 13.0 Å². The predicted octanol–water partition coefficient (Wildman–Crippen LogP) is 2.22. The Morgan fingerprint density at radius 2 is 2.00 bits per heavy atom. The summed E-state index contributed by atoms with van der Waals surface area (Å²) in [7, 11) is 0. The lowest BCUT2D eigenvalue weighted by Gasteiger charge is -1.94. The van der Waals surface area contributed by atoms with Gasteiger partial charge in [0.1, 0.15) is 11.5 Å². The molecular weight excluding hydrogens is 128 g/mol. The molecule has 0 fully saturated rings. The van der Waals surface area contributed by atoms with Gasteiger partial charge in [0.05, 0.1) is 0 Å². The smallest absolute Gasteiger partial charge is 0.121 e. The Kier molecular flexibility index (Phi) is 1.81. The number of aliphatic hydroxyl groups is 2. The summed E-state index contributed by atoms with van der Waals surface area (Å²) in [6.45, 7) is 1.80. The van der Waals surface area contributed by atoms with Crippen molar-refractivity contribution in [3.05, 3.63) is 35.3 Å². The summed E-state index contributed by atoms with van der Waals surface area (Å²) in [4.78, 5) is 0. The van der Waals surface area contributed by atoms with Gasteiger partial charge < -0.3 is 10.2 Å². The minimum atomic E-state index is 0.130. The van der Waals surface area contributed by atoms with Crippen LogP contribution in [-0.4, -0.2) is 10.2 Å². The summed E-state index contributed by atoms with van der Waals surface area (Å²) in [5, 5.41) is 18.1. The van der Waals surface area contributed by atoms with Gasteiger partial charge in [0, 0.05) is 6.08 Å². The van der Waals surface area contributed by atoms with E-state index >= 15 is 0 Å². The van der Waals surface area contributed by atoms with Crippen LogP contribution in [0.5, 0.6) is 0 Å². The fourth-order valence-corrected chi connectivity index (χ4v) is 0.774. The highest BCUT2D eigenvalue weighted by Crippen LogP contribution is 2.13. The fourth-order valence-electron chi connectivity index (χ4n) is 0.774. The second kappa shape index (κ2) is 2.60. The van der Waals surface area contributed by atoms with Crippen molar-refractivity contribution in [1.29, 1.82) is 0 Å². The largest absolute Gasteiger partial charge is 0.508 e. The van der Waals surface area contributed by atoms with E-state index in [0.717, 1.165) is 5.57 Å². The van der Waals surface area contributed by atoms with E-state index in [0.29, 0.717) is 6.42 Å². The van der Waals surface area contributed by atoms with Crippen LogP contribution in [0.4, 0.5) is 0 Å². The first kappa shape index (κ1) is 6.93. The molecule has 1 aliphatic carbocycles. The van der Waals surface area contributed by atoms with Crippen molar-refractivity contribution in [2.24, 2.45) is 0 Å². The summed E-state index contributed by atoms with van der Waals surface area (Å²) < 4.78 is 0. The zero-order chi connectivity index (χ0) is 7.56. The number of aliphatic hydroxyl groups excluding tert-OH is 2. The highest BCUT2D eigenvalue weighted by Gasteiger charge is 2.00.